The first kappa shape index (κ1) is 62.4. The van der Waals surface area contributed by atoms with Crippen molar-refractivity contribution in [3.8, 4) is 0 Å². The number of hydrogen-bond acceptors (Lipinski definition) is 6. The van der Waals surface area contributed by atoms with Gasteiger partial charge in [0.1, 0.15) is 13.2 Å². The number of esters is 3. The minimum Gasteiger partial charge on any atom is -0.462 e. The van der Waals surface area contributed by atoms with Gasteiger partial charge in [0, 0.05) is 19.3 Å². The Labute approximate surface area is 403 Å². The van der Waals surface area contributed by atoms with Crippen LogP contribution in [0.5, 0.6) is 0 Å². The molecule has 0 saturated heterocycles. The third-order valence-electron chi connectivity index (χ3n) is 12.3. The standard InChI is InChI=1S/C59H106O6/c1-4-7-10-13-16-19-22-24-26-27-28-29-30-31-32-34-35-37-40-43-46-49-52-58(61)64-55-56(54-63-57(60)51-48-45-42-39-21-18-15-12-9-6-3)65-59(62)53-50-47-44-41-38-36-33-25-23-20-17-14-11-8-5-2/h8,11-12,15,17,20,25,33,56H,4-7,9-10,13-14,16,18-19,21-24,26-32,34-55H2,1-3H3/b11-8-,15-12-,20-17-,33-25-. The van der Waals surface area contributed by atoms with Gasteiger partial charge in [0.05, 0.1) is 0 Å². The van der Waals surface area contributed by atoms with Crippen LogP contribution in [0.4, 0.5) is 0 Å². The average molecular weight is 911 g/mol. The van der Waals surface area contributed by atoms with E-state index in [0.29, 0.717) is 19.3 Å². The molecule has 0 aromatic rings. The van der Waals surface area contributed by atoms with Gasteiger partial charge in [-0.3, -0.25) is 14.4 Å². The zero-order valence-corrected chi connectivity index (χ0v) is 43.3. The SMILES string of the molecule is CC/C=C\C/C=C\C/C=C\CCCCCCCC(=O)OC(COC(=O)CCCCCCC/C=C\CCC)COC(=O)CCCCCCCCCCCCCCCCCCCCCCCC. The van der Waals surface area contributed by atoms with Crippen LogP contribution >= 0.6 is 0 Å². The van der Waals surface area contributed by atoms with E-state index in [1.165, 1.54) is 141 Å². The molecule has 6 nitrogen and oxygen atoms in total. The Kier molecular flexibility index (Phi) is 51.8. The van der Waals surface area contributed by atoms with Crippen molar-refractivity contribution < 1.29 is 28.6 Å². The van der Waals surface area contributed by atoms with Crippen LogP contribution in [0.2, 0.25) is 0 Å². The number of rotatable bonds is 51. The summed E-state index contributed by atoms with van der Waals surface area (Å²) in [6.07, 6.45) is 65.5. The molecule has 0 aliphatic rings. The quantitative estimate of drug-likeness (QED) is 0.0262. The zero-order chi connectivity index (χ0) is 47.2. The van der Waals surface area contributed by atoms with Gasteiger partial charge in [-0.15, -0.1) is 0 Å². The average Bonchev–Trinajstić information content (AvgIpc) is 3.30. The maximum atomic E-state index is 12.8. The van der Waals surface area contributed by atoms with Crippen molar-refractivity contribution in [2.24, 2.45) is 0 Å². The molecule has 6 heteroatoms. The van der Waals surface area contributed by atoms with Crippen LogP contribution in [0.3, 0.4) is 0 Å². The van der Waals surface area contributed by atoms with Crippen LogP contribution in [-0.2, 0) is 28.6 Å². The summed E-state index contributed by atoms with van der Waals surface area (Å²) >= 11 is 0. The van der Waals surface area contributed by atoms with Crippen molar-refractivity contribution in [1.29, 1.82) is 0 Å². The van der Waals surface area contributed by atoms with E-state index in [9.17, 15) is 14.4 Å². The second-order valence-corrected chi connectivity index (χ2v) is 18.8. The lowest BCUT2D eigenvalue weighted by molar-refractivity contribution is -0.167. The Hall–Kier alpha value is -2.63. The molecule has 0 aliphatic carbocycles. The van der Waals surface area contributed by atoms with Crippen molar-refractivity contribution in [3.05, 3.63) is 48.6 Å². The van der Waals surface area contributed by atoms with Gasteiger partial charge in [-0.05, 0) is 70.6 Å². The molecule has 0 N–H and O–H groups in total. The molecule has 378 valence electrons. The summed E-state index contributed by atoms with van der Waals surface area (Å²) in [5.74, 6) is -0.897. The molecule has 0 radical (unpaired) electrons. The highest BCUT2D eigenvalue weighted by Gasteiger charge is 2.19. The smallest absolute Gasteiger partial charge is 0.306 e. The van der Waals surface area contributed by atoms with Gasteiger partial charge in [-0.1, -0.05) is 249 Å². The van der Waals surface area contributed by atoms with Gasteiger partial charge < -0.3 is 14.2 Å². The molecule has 0 rings (SSSR count). The molecule has 0 aliphatic heterocycles. The van der Waals surface area contributed by atoms with E-state index in [4.69, 9.17) is 14.2 Å². The number of carbonyl (C=O) groups excluding carboxylic acids is 3. The van der Waals surface area contributed by atoms with Crippen molar-refractivity contribution in [2.45, 2.75) is 297 Å². The fourth-order valence-corrected chi connectivity index (χ4v) is 8.11. The van der Waals surface area contributed by atoms with Gasteiger partial charge in [-0.25, -0.2) is 0 Å². The number of ether oxygens (including phenoxy) is 3. The van der Waals surface area contributed by atoms with E-state index in [1.54, 1.807) is 0 Å². The number of carbonyl (C=O) groups is 3. The van der Waals surface area contributed by atoms with Crippen LogP contribution in [0.25, 0.3) is 0 Å². The maximum Gasteiger partial charge on any atom is 0.306 e. The summed E-state index contributed by atoms with van der Waals surface area (Å²) in [6, 6.07) is 0. The molecule has 0 saturated carbocycles. The first-order chi connectivity index (χ1) is 32.0. The highest BCUT2D eigenvalue weighted by molar-refractivity contribution is 5.71. The highest BCUT2D eigenvalue weighted by atomic mass is 16.6. The summed E-state index contributed by atoms with van der Waals surface area (Å²) in [5.41, 5.74) is 0. The molecule has 65 heavy (non-hydrogen) atoms. The Balaban J connectivity index is 4.24. The second-order valence-electron chi connectivity index (χ2n) is 18.8. The molecule has 0 bridgehead atoms. The monoisotopic (exact) mass is 911 g/mol. The van der Waals surface area contributed by atoms with Crippen LogP contribution in [0.1, 0.15) is 290 Å². The molecule has 0 fully saturated rings. The molecular weight excluding hydrogens is 805 g/mol. The van der Waals surface area contributed by atoms with Crippen molar-refractivity contribution in [2.75, 3.05) is 13.2 Å². The minimum atomic E-state index is -0.782. The summed E-state index contributed by atoms with van der Waals surface area (Å²) in [5, 5.41) is 0. The van der Waals surface area contributed by atoms with Gasteiger partial charge in [0.15, 0.2) is 6.10 Å². The van der Waals surface area contributed by atoms with E-state index < -0.39 is 6.10 Å². The first-order valence-electron chi connectivity index (χ1n) is 28.1. The van der Waals surface area contributed by atoms with E-state index in [1.807, 2.05) is 0 Å². The summed E-state index contributed by atoms with van der Waals surface area (Å²) in [4.78, 5) is 38.0. The normalized spacial score (nSPS) is 12.4. The molecule has 0 amide bonds. The fourth-order valence-electron chi connectivity index (χ4n) is 8.11. The van der Waals surface area contributed by atoms with E-state index in [-0.39, 0.29) is 31.1 Å². The minimum absolute atomic E-state index is 0.0803. The van der Waals surface area contributed by atoms with Gasteiger partial charge in [0.25, 0.3) is 0 Å². The topological polar surface area (TPSA) is 78.9 Å². The molecule has 1 atom stereocenters. The summed E-state index contributed by atoms with van der Waals surface area (Å²) in [6.45, 7) is 6.47. The molecule has 1 unspecified atom stereocenters. The van der Waals surface area contributed by atoms with E-state index in [2.05, 4.69) is 69.4 Å². The predicted molar refractivity (Wildman–Crippen MR) is 279 cm³/mol. The Morgan fingerprint density at radius 2 is 0.631 bits per heavy atom. The van der Waals surface area contributed by atoms with Gasteiger partial charge in [0.2, 0.25) is 0 Å². The Bertz CT molecular complexity index is 1140. The summed E-state index contributed by atoms with van der Waals surface area (Å²) in [7, 11) is 0. The highest BCUT2D eigenvalue weighted by Crippen LogP contribution is 2.17. The van der Waals surface area contributed by atoms with Crippen LogP contribution < -0.4 is 0 Å². The van der Waals surface area contributed by atoms with Crippen molar-refractivity contribution in [3.63, 3.8) is 0 Å². The molecule has 0 heterocycles. The number of hydrogen-bond donors (Lipinski definition) is 0. The largest absolute Gasteiger partial charge is 0.462 e. The zero-order valence-electron chi connectivity index (χ0n) is 43.3. The molecular formula is C59H106O6. The predicted octanol–water partition coefficient (Wildman–Crippen LogP) is 18.7. The lowest BCUT2D eigenvalue weighted by Gasteiger charge is -2.18. The Morgan fingerprint density at radius 3 is 1.02 bits per heavy atom. The fraction of sp³-hybridized carbons (Fsp3) is 0.814. The second kappa shape index (κ2) is 54.0. The molecule has 0 spiro atoms. The van der Waals surface area contributed by atoms with Crippen molar-refractivity contribution in [1.82, 2.24) is 0 Å². The van der Waals surface area contributed by atoms with Crippen LogP contribution in [0.15, 0.2) is 48.6 Å². The van der Waals surface area contributed by atoms with Gasteiger partial charge in [-0.2, -0.15) is 0 Å². The first-order valence-corrected chi connectivity index (χ1v) is 28.1. The van der Waals surface area contributed by atoms with Crippen molar-refractivity contribution >= 4 is 17.9 Å². The number of allylic oxidation sites excluding steroid dienone is 8. The lowest BCUT2D eigenvalue weighted by Crippen LogP contribution is -2.30. The number of unbranched alkanes of at least 4 members (excludes halogenated alkanes) is 32. The maximum absolute atomic E-state index is 12.8. The Morgan fingerprint density at radius 1 is 0.323 bits per heavy atom. The van der Waals surface area contributed by atoms with Crippen LogP contribution in [-0.4, -0.2) is 37.2 Å². The van der Waals surface area contributed by atoms with E-state index in [0.717, 1.165) is 109 Å². The third kappa shape index (κ3) is 52.2. The van der Waals surface area contributed by atoms with Crippen LogP contribution in [0, 0.1) is 0 Å². The third-order valence-corrected chi connectivity index (χ3v) is 12.3. The lowest BCUT2D eigenvalue weighted by atomic mass is 10.0. The molecule has 0 aromatic heterocycles. The van der Waals surface area contributed by atoms with Gasteiger partial charge >= 0.3 is 17.9 Å². The molecule has 0 aromatic carbocycles. The van der Waals surface area contributed by atoms with E-state index >= 15 is 0 Å². The summed E-state index contributed by atoms with van der Waals surface area (Å²) < 4.78 is 16.8.